The van der Waals surface area contributed by atoms with Gasteiger partial charge in [0, 0.05) is 0 Å². The molecule has 0 spiro atoms. The lowest BCUT2D eigenvalue weighted by molar-refractivity contribution is 0.105. The van der Waals surface area contributed by atoms with Crippen LogP contribution < -0.4 is 14.2 Å². The van der Waals surface area contributed by atoms with Gasteiger partial charge in [-0.05, 0) is 69.5 Å². The summed E-state index contributed by atoms with van der Waals surface area (Å²) in [5.74, 6) is 2.03. The Balaban J connectivity index is 1.67. The molecule has 0 aliphatic rings. The van der Waals surface area contributed by atoms with Crippen molar-refractivity contribution in [3.8, 4) is 17.2 Å². The molecular weight excluding hydrogens is 440 g/mol. The van der Waals surface area contributed by atoms with Gasteiger partial charge in [-0.2, -0.15) is 0 Å². The van der Waals surface area contributed by atoms with Crippen molar-refractivity contribution in [1.29, 1.82) is 0 Å². The lowest BCUT2D eigenvalue weighted by Crippen LogP contribution is -1.98. The molecule has 6 heteroatoms. The highest BCUT2D eigenvalue weighted by Crippen LogP contribution is 2.30. The molecule has 0 aliphatic heterocycles. The number of allylic oxidation sites excluding steroid dienone is 1. The Kier molecular flexibility index (Phi) is 6.90. The molecular formula is C22H19BrO4S. The molecule has 0 unspecified atom stereocenters. The lowest BCUT2D eigenvalue weighted by atomic mass is 10.1. The maximum absolute atomic E-state index is 12.2. The predicted molar refractivity (Wildman–Crippen MR) is 116 cm³/mol. The first-order valence-corrected chi connectivity index (χ1v) is 10.1. The summed E-state index contributed by atoms with van der Waals surface area (Å²) in [6, 6.07) is 16.9. The molecule has 4 nitrogen and oxygen atoms in total. The number of thiophene rings is 1. The molecule has 144 valence electrons. The van der Waals surface area contributed by atoms with Gasteiger partial charge in [-0.15, -0.1) is 11.3 Å². The Hall–Kier alpha value is -2.57. The van der Waals surface area contributed by atoms with Gasteiger partial charge in [0.15, 0.2) is 17.3 Å². The molecule has 0 saturated heterocycles. The van der Waals surface area contributed by atoms with E-state index >= 15 is 0 Å². The minimum absolute atomic E-state index is 0.0329. The number of carbonyl (C=O) groups is 1. The van der Waals surface area contributed by atoms with Gasteiger partial charge < -0.3 is 14.2 Å². The SMILES string of the molecule is COc1ccc(COc2ccc(/C=C/C(=O)c3ccc(Br)s3)cc2OC)cc1. The third-order valence-electron chi connectivity index (χ3n) is 3.98. The number of benzene rings is 2. The smallest absolute Gasteiger partial charge is 0.195 e. The average molecular weight is 459 g/mol. The zero-order valence-corrected chi connectivity index (χ0v) is 17.9. The van der Waals surface area contributed by atoms with Crippen molar-refractivity contribution >= 4 is 39.1 Å². The molecule has 28 heavy (non-hydrogen) atoms. The highest BCUT2D eigenvalue weighted by molar-refractivity contribution is 9.11. The van der Waals surface area contributed by atoms with E-state index in [0.717, 1.165) is 20.7 Å². The van der Waals surface area contributed by atoms with E-state index < -0.39 is 0 Å². The zero-order valence-electron chi connectivity index (χ0n) is 15.5. The van der Waals surface area contributed by atoms with Crippen LogP contribution in [0.4, 0.5) is 0 Å². The molecule has 2 aromatic carbocycles. The Morgan fingerprint density at radius 1 is 1.00 bits per heavy atom. The second-order valence-electron chi connectivity index (χ2n) is 5.85. The molecule has 0 bridgehead atoms. The molecule has 1 aromatic heterocycles. The fourth-order valence-corrected chi connectivity index (χ4v) is 3.80. The van der Waals surface area contributed by atoms with Crippen LogP contribution in [0.3, 0.4) is 0 Å². The van der Waals surface area contributed by atoms with Crippen LogP contribution in [0.2, 0.25) is 0 Å². The van der Waals surface area contributed by atoms with Crippen LogP contribution in [0.25, 0.3) is 6.08 Å². The second-order valence-corrected chi connectivity index (χ2v) is 8.31. The standard InChI is InChI=1S/C22H19BrO4S/c1-25-17-7-3-16(4-8-17)14-27-19-10-6-15(13-20(19)26-2)5-9-18(24)21-11-12-22(23)28-21/h3-13H,14H2,1-2H3/b9-5+. The fraction of sp³-hybridized carbons (Fsp3) is 0.136. The topological polar surface area (TPSA) is 44.8 Å². The van der Waals surface area contributed by atoms with Crippen molar-refractivity contribution in [1.82, 2.24) is 0 Å². The van der Waals surface area contributed by atoms with Crippen molar-refractivity contribution in [2.45, 2.75) is 6.61 Å². The van der Waals surface area contributed by atoms with Crippen LogP contribution in [0.1, 0.15) is 20.8 Å². The first-order valence-electron chi connectivity index (χ1n) is 8.50. The maximum atomic E-state index is 12.2. The predicted octanol–water partition coefficient (Wildman–Crippen LogP) is 6.00. The summed E-state index contributed by atoms with van der Waals surface area (Å²) in [5, 5.41) is 0. The zero-order chi connectivity index (χ0) is 19.9. The number of hydrogen-bond donors (Lipinski definition) is 0. The lowest BCUT2D eigenvalue weighted by Gasteiger charge is -2.11. The van der Waals surface area contributed by atoms with Crippen molar-refractivity contribution in [3.05, 3.63) is 80.5 Å². The van der Waals surface area contributed by atoms with Gasteiger partial charge in [0.25, 0.3) is 0 Å². The van der Waals surface area contributed by atoms with Gasteiger partial charge in [0.1, 0.15) is 12.4 Å². The fourth-order valence-electron chi connectivity index (χ4n) is 2.49. The van der Waals surface area contributed by atoms with E-state index in [4.69, 9.17) is 14.2 Å². The molecule has 0 N–H and O–H groups in total. The molecule has 0 radical (unpaired) electrons. The first-order chi connectivity index (χ1) is 13.6. The summed E-state index contributed by atoms with van der Waals surface area (Å²) in [6.45, 7) is 0.418. The van der Waals surface area contributed by atoms with Crippen molar-refractivity contribution < 1.29 is 19.0 Å². The van der Waals surface area contributed by atoms with Crippen LogP contribution >= 0.6 is 27.3 Å². The summed E-state index contributed by atoms with van der Waals surface area (Å²) in [4.78, 5) is 12.9. The monoisotopic (exact) mass is 458 g/mol. The third-order valence-corrected chi connectivity index (χ3v) is 5.62. The number of hydrogen-bond acceptors (Lipinski definition) is 5. The number of carbonyl (C=O) groups excluding carboxylic acids is 1. The van der Waals surface area contributed by atoms with Gasteiger partial charge in [0.05, 0.1) is 22.9 Å². The average Bonchev–Trinajstić information content (AvgIpc) is 3.17. The van der Waals surface area contributed by atoms with E-state index in [1.54, 1.807) is 32.4 Å². The molecule has 3 rings (SSSR count). The summed E-state index contributed by atoms with van der Waals surface area (Å²) < 4.78 is 17.4. The molecule has 0 atom stereocenters. The Morgan fingerprint density at radius 2 is 1.79 bits per heavy atom. The summed E-state index contributed by atoms with van der Waals surface area (Å²) in [6.07, 6.45) is 3.33. The largest absolute Gasteiger partial charge is 0.497 e. The number of methoxy groups -OCH3 is 2. The van der Waals surface area contributed by atoms with Crippen molar-refractivity contribution in [2.75, 3.05) is 14.2 Å². The van der Waals surface area contributed by atoms with E-state index in [2.05, 4.69) is 15.9 Å². The number of ether oxygens (including phenoxy) is 3. The third kappa shape index (κ3) is 5.24. The van der Waals surface area contributed by atoms with E-state index in [-0.39, 0.29) is 5.78 Å². The Morgan fingerprint density at radius 3 is 2.43 bits per heavy atom. The van der Waals surface area contributed by atoms with E-state index in [0.29, 0.717) is 23.0 Å². The molecule has 1 heterocycles. The number of halogens is 1. The highest BCUT2D eigenvalue weighted by Gasteiger charge is 2.07. The molecule has 0 aliphatic carbocycles. The van der Waals surface area contributed by atoms with Gasteiger partial charge in [-0.25, -0.2) is 0 Å². The second kappa shape index (κ2) is 9.57. The minimum atomic E-state index is -0.0329. The summed E-state index contributed by atoms with van der Waals surface area (Å²) >= 11 is 4.78. The van der Waals surface area contributed by atoms with Gasteiger partial charge >= 0.3 is 0 Å². The first kappa shape index (κ1) is 20.2. The normalized spacial score (nSPS) is 10.8. The van der Waals surface area contributed by atoms with Crippen LogP contribution in [0.15, 0.2) is 64.5 Å². The van der Waals surface area contributed by atoms with Crippen LogP contribution in [-0.4, -0.2) is 20.0 Å². The quantitative estimate of drug-likeness (QED) is 0.306. The molecule has 0 saturated carbocycles. The van der Waals surface area contributed by atoms with Gasteiger partial charge in [-0.3, -0.25) is 4.79 Å². The Labute approximate surface area is 176 Å². The summed E-state index contributed by atoms with van der Waals surface area (Å²) in [5.41, 5.74) is 1.89. The molecule has 0 fully saturated rings. The maximum Gasteiger partial charge on any atom is 0.195 e. The summed E-state index contributed by atoms with van der Waals surface area (Å²) in [7, 11) is 3.23. The van der Waals surface area contributed by atoms with Crippen molar-refractivity contribution in [2.24, 2.45) is 0 Å². The molecule has 0 amide bonds. The number of rotatable bonds is 8. The minimum Gasteiger partial charge on any atom is -0.497 e. The van der Waals surface area contributed by atoms with Gasteiger partial charge in [0.2, 0.25) is 0 Å². The van der Waals surface area contributed by atoms with Crippen molar-refractivity contribution in [3.63, 3.8) is 0 Å². The number of ketones is 1. The van der Waals surface area contributed by atoms with Crippen LogP contribution in [0, 0.1) is 0 Å². The Bertz CT molecular complexity index is 976. The highest BCUT2D eigenvalue weighted by atomic mass is 79.9. The van der Waals surface area contributed by atoms with E-state index in [9.17, 15) is 4.79 Å². The molecule has 3 aromatic rings. The van der Waals surface area contributed by atoms with E-state index in [1.807, 2.05) is 48.5 Å². The van der Waals surface area contributed by atoms with Gasteiger partial charge in [-0.1, -0.05) is 24.3 Å². The van der Waals surface area contributed by atoms with Crippen LogP contribution in [0.5, 0.6) is 17.2 Å². The van der Waals surface area contributed by atoms with E-state index in [1.165, 1.54) is 11.3 Å². The van der Waals surface area contributed by atoms with Crippen LogP contribution in [-0.2, 0) is 6.61 Å².